The summed E-state index contributed by atoms with van der Waals surface area (Å²) in [7, 11) is 1.66. The van der Waals surface area contributed by atoms with E-state index >= 15 is 0 Å². The highest BCUT2D eigenvalue weighted by Crippen LogP contribution is 2.35. The van der Waals surface area contributed by atoms with Crippen molar-refractivity contribution in [2.75, 3.05) is 18.6 Å². The molecule has 0 spiro atoms. The first kappa shape index (κ1) is 14.3. The number of benzene rings is 1. The SMILES string of the molecule is CC(O)CNC1=C([N+](=O)[O-])C2=NN(C)NN2c2ccccc21. The van der Waals surface area contributed by atoms with Crippen molar-refractivity contribution in [3.63, 3.8) is 0 Å². The van der Waals surface area contributed by atoms with Gasteiger partial charge < -0.3 is 10.4 Å². The van der Waals surface area contributed by atoms with Crippen LogP contribution in [0.25, 0.3) is 5.70 Å². The minimum Gasteiger partial charge on any atom is -0.392 e. The number of nitrogens with one attached hydrogen (secondary N) is 2. The summed E-state index contributed by atoms with van der Waals surface area (Å²) in [6.07, 6.45) is -0.628. The lowest BCUT2D eigenvalue weighted by molar-refractivity contribution is -0.414. The molecule has 116 valence electrons. The van der Waals surface area contributed by atoms with Gasteiger partial charge in [-0.25, -0.2) is 10.1 Å². The van der Waals surface area contributed by atoms with Crippen LogP contribution in [0.3, 0.4) is 0 Å². The van der Waals surface area contributed by atoms with E-state index in [1.54, 1.807) is 25.0 Å². The molecule has 3 N–H and O–H groups in total. The van der Waals surface area contributed by atoms with Crippen LogP contribution in [0.4, 0.5) is 5.69 Å². The number of nitrogens with zero attached hydrogens (tertiary/aromatic N) is 4. The number of hydrogen-bond donors (Lipinski definition) is 3. The Bertz CT molecular complexity index is 684. The number of hydrogen-bond acceptors (Lipinski definition) is 8. The number of amidine groups is 1. The molecule has 0 aromatic heterocycles. The van der Waals surface area contributed by atoms with Gasteiger partial charge in [-0.15, -0.1) is 10.6 Å². The Morgan fingerprint density at radius 2 is 2.23 bits per heavy atom. The maximum absolute atomic E-state index is 11.6. The third-order valence-electron chi connectivity index (χ3n) is 3.32. The first-order valence-corrected chi connectivity index (χ1v) is 6.78. The van der Waals surface area contributed by atoms with Gasteiger partial charge in [0.2, 0.25) is 0 Å². The lowest BCUT2D eigenvalue weighted by Crippen LogP contribution is -2.46. The second-order valence-electron chi connectivity index (χ2n) is 5.11. The van der Waals surface area contributed by atoms with E-state index in [0.717, 1.165) is 5.69 Å². The molecule has 2 aliphatic heterocycles. The van der Waals surface area contributed by atoms with Gasteiger partial charge in [-0.3, -0.25) is 10.1 Å². The summed E-state index contributed by atoms with van der Waals surface area (Å²) in [4.78, 5) is 11.1. The third kappa shape index (κ3) is 2.26. The molecule has 1 aromatic carbocycles. The van der Waals surface area contributed by atoms with Crippen LogP contribution < -0.4 is 15.9 Å². The predicted octanol–water partition coefficient (Wildman–Crippen LogP) is 0.101. The number of aliphatic hydroxyl groups excluding tert-OH is 1. The minimum absolute atomic E-state index is 0.129. The van der Waals surface area contributed by atoms with Crippen LogP contribution in [-0.4, -0.2) is 40.7 Å². The Kier molecular flexibility index (Phi) is 3.43. The highest BCUT2D eigenvalue weighted by atomic mass is 16.6. The molecule has 9 nitrogen and oxygen atoms in total. The van der Waals surface area contributed by atoms with E-state index in [9.17, 15) is 15.2 Å². The standard InChI is InChI=1S/C13H16N6O3/c1-8(20)7-14-11-9-5-3-4-6-10(9)18-13(12(11)19(21)22)15-17(2)16-18/h3-6,8,14,16,20H,7H2,1-2H3. The van der Waals surface area contributed by atoms with Crippen molar-refractivity contribution in [2.45, 2.75) is 13.0 Å². The van der Waals surface area contributed by atoms with Gasteiger partial charge in [-0.05, 0) is 13.0 Å². The van der Waals surface area contributed by atoms with Crippen LogP contribution in [0.5, 0.6) is 0 Å². The summed E-state index contributed by atoms with van der Waals surface area (Å²) in [5.74, 6) is 0.208. The van der Waals surface area contributed by atoms with Gasteiger partial charge in [0.1, 0.15) is 5.70 Å². The zero-order valence-corrected chi connectivity index (χ0v) is 12.1. The maximum atomic E-state index is 11.6. The van der Waals surface area contributed by atoms with Gasteiger partial charge >= 0.3 is 5.70 Å². The summed E-state index contributed by atoms with van der Waals surface area (Å²) < 4.78 is 0. The van der Waals surface area contributed by atoms with Gasteiger partial charge in [-0.1, -0.05) is 18.2 Å². The van der Waals surface area contributed by atoms with Crippen LogP contribution in [-0.2, 0) is 0 Å². The predicted molar refractivity (Wildman–Crippen MR) is 80.9 cm³/mol. The average Bonchev–Trinajstić information content (AvgIpc) is 2.85. The number of fused-ring (bicyclic) bond motifs is 3. The molecule has 22 heavy (non-hydrogen) atoms. The zero-order chi connectivity index (χ0) is 15.9. The maximum Gasteiger partial charge on any atom is 0.338 e. The minimum atomic E-state index is -0.628. The summed E-state index contributed by atoms with van der Waals surface area (Å²) >= 11 is 0. The molecule has 0 saturated heterocycles. The number of para-hydroxylation sites is 1. The molecule has 2 heterocycles. The van der Waals surface area contributed by atoms with Crippen molar-refractivity contribution in [3.05, 3.63) is 45.6 Å². The van der Waals surface area contributed by atoms with Crippen molar-refractivity contribution in [1.82, 2.24) is 16.0 Å². The molecule has 0 fully saturated rings. The number of anilines is 1. The Morgan fingerprint density at radius 1 is 1.50 bits per heavy atom. The third-order valence-corrected chi connectivity index (χ3v) is 3.32. The monoisotopic (exact) mass is 304 g/mol. The normalized spacial score (nSPS) is 17.9. The Hall–Kier alpha value is -2.65. The van der Waals surface area contributed by atoms with Crippen LogP contribution in [0, 0.1) is 10.1 Å². The van der Waals surface area contributed by atoms with Crippen molar-refractivity contribution in [1.29, 1.82) is 0 Å². The van der Waals surface area contributed by atoms with E-state index in [2.05, 4.69) is 16.0 Å². The van der Waals surface area contributed by atoms with E-state index in [1.807, 2.05) is 18.2 Å². The molecule has 0 bridgehead atoms. The van der Waals surface area contributed by atoms with Crippen molar-refractivity contribution < 1.29 is 10.0 Å². The number of rotatable bonds is 4. The molecular formula is C13H16N6O3. The first-order chi connectivity index (χ1) is 10.5. The van der Waals surface area contributed by atoms with E-state index in [0.29, 0.717) is 11.3 Å². The summed E-state index contributed by atoms with van der Waals surface area (Å²) in [5.41, 5.74) is 4.59. The summed E-state index contributed by atoms with van der Waals surface area (Å²) in [6, 6.07) is 7.29. The second kappa shape index (κ2) is 5.28. The molecule has 0 radical (unpaired) electrons. The smallest absolute Gasteiger partial charge is 0.338 e. The van der Waals surface area contributed by atoms with Crippen molar-refractivity contribution >= 4 is 17.2 Å². The Labute approximate surface area is 126 Å². The number of hydrazine groups is 2. The number of aliphatic hydroxyl groups is 1. The van der Waals surface area contributed by atoms with Crippen LogP contribution >= 0.6 is 0 Å². The molecule has 0 aliphatic carbocycles. The van der Waals surface area contributed by atoms with Gasteiger partial charge in [0, 0.05) is 19.2 Å². The topological polar surface area (TPSA) is 106 Å². The average molecular weight is 304 g/mol. The van der Waals surface area contributed by atoms with Gasteiger partial charge in [0.05, 0.1) is 16.7 Å². The molecule has 0 saturated carbocycles. The summed E-state index contributed by atoms with van der Waals surface area (Å²) in [5, 5.41) is 31.1. The number of hydrazone groups is 1. The fourth-order valence-electron chi connectivity index (χ4n) is 2.44. The molecule has 2 aliphatic rings. The van der Waals surface area contributed by atoms with Crippen LogP contribution in [0.15, 0.2) is 35.1 Å². The van der Waals surface area contributed by atoms with E-state index in [1.165, 1.54) is 5.12 Å². The molecular weight excluding hydrogens is 288 g/mol. The Balaban J connectivity index is 2.18. The Morgan fingerprint density at radius 3 is 2.91 bits per heavy atom. The zero-order valence-electron chi connectivity index (χ0n) is 12.1. The molecule has 9 heteroatoms. The highest BCUT2D eigenvalue weighted by molar-refractivity contribution is 6.16. The molecule has 1 unspecified atom stereocenters. The molecule has 1 atom stereocenters. The molecule has 1 aromatic rings. The number of nitro groups is 1. The largest absolute Gasteiger partial charge is 0.392 e. The van der Waals surface area contributed by atoms with Gasteiger partial charge in [-0.2, -0.15) is 0 Å². The van der Waals surface area contributed by atoms with E-state index in [-0.39, 0.29) is 18.1 Å². The van der Waals surface area contributed by atoms with Crippen LogP contribution in [0.1, 0.15) is 12.5 Å². The highest BCUT2D eigenvalue weighted by Gasteiger charge is 2.41. The van der Waals surface area contributed by atoms with Crippen molar-refractivity contribution in [3.8, 4) is 0 Å². The van der Waals surface area contributed by atoms with Crippen molar-refractivity contribution in [2.24, 2.45) is 5.10 Å². The van der Waals surface area contributed by atoms with Crippen LogP contribution in [0.2, 0.25) is 0 Å². The second-order valence-corrected chi connectivity index (χ2v) is 5.11. The van der Waals surface area contributed by atoms with Gasteiger partial charge in [0.15, 0.2) is 0 Å². The van der Waals surface area contributed by atoms with E-state index < -0.39 is 11.0 Å². The lowest BCUT2D eigenvalue weighted by Gasteiger charge is -2.27. The quantitative estimate of drug-likeness (QED) is 0.535. The summed E-state index contributed by atoms with van der Waals surface area (Å²) in [6.45, 7) is 1.82. The molecule has 0 amide bonds. The first-order valence-electron chi connectivity index (χ1n) is 6.78. The fraction of sp³-hybridized carbons (Fsp3) is 0.308. The fourth-order valence-corrected chi connectivity index (χ4v) is 2.44. The lowest BCUT2D eigenvalue weighted by atomic mass is 10.0. The van der Waals surface area contributed by atoms with E-state index in [4.69, 9.17) is 0 Å². The molecule has 3 rings (SSSR count). The van der Waals surface area contributed by atoms with Gasteiger partial charge in [0.25, 0.3) is 5.84 Å².